The number of carbonyl (C=O) groups excluding carboxylic acids is 1. The molecule has 0 aliphatic carbocycles. The van der Waals surface area contributed by atoms with Crippen LogP contribution in [0.4, 0.5) is 11.5 Å². The number of nitro benzene ring substituents is 1. The van der Waals surface area contributed by atoms with Gasteiger partial charge in [0, 0.05) is 37.3 Å². The number of thioether (sulfide) groups is 1. The SMILES string of the molecule is CSc1nc(N2CCOCC2)c2cnn(CCNC(=O)c3cccc([N+](=O)[O-])c3)c2n1. The molecule has 1 fully saturated rings. The molecule has 2 aromatic heterocycles. The molecule has 3 heterocycles. The third-order valence-electron chi connectivity index (χ3n) is 4.88. The summed E-state index contributed by atoms with van der Waals surface area (Å²) in [7, 11) is 0. The molecular formula is C19H21N7O4S. The van der Waals surface area contributed by atoms with Gasteiger partial charge in [-0.05, 0) is 12.3 Å². The van der Waals surface area contributed by atoms with Gasteiger partial charge in [-0.25, -0.2) is 14.6 Å². The maximum atomic E-state index is 12.4. The molecule has 1 aromatic carbocycles. The van der Waals surface area contributed by atoms with Crippen LogP contribution in [0.2, 0.25) is 0 Å². The summed E-state index contributed by atoms with van der Waals surface area (Å²) in [6, 6.07) is 5.63. The number of morpholine rings is 1. The van der Waals surface area contributed by atoms with Crippen LogP contribution in [0.3, 0.4) is 0 Å². The molecule has 4 rings (SSSR count). The Kier molecular flexibility index (Phi) is 6.28. The molecule has 11 nitrogen and oxygen atoms in total. The predicted molar refractivity (Wildman–Crippen MR) is 116 cm³/mol. The number of anilines is 1. The van der Waals surface area contributed by atoms with Crippen molar-refractivity contribution < 1.29 is 14.5 Å². The van der Waals surface area contributed by atoms with Crippen molar-refractivity contribution in [1.82, 2.24) is 25.1 Å². The Balaban J connectivity index is 1.49. The first-order valence-corrected chi connectivity index (χ1v) is 10.9. The second kappa shape index (κ2) is 9.27. The van der Waals surface area contributed by atoms with Crippen molar-refractivity contribution in [3.8, 4) is 0 Å². The minimum absolute atomic E-state index is 0.123. The van der Waals surface area contributed by atoms with Gasteiger partial charge in [-0.2, -0.15) is 5.10 Å². The lowest BCUT2D eigenvalue weighted by molar-refractivity contribution is -0.384. The molecule has 0 bridgehead atoms. The number of benzene rings is 1. The number of nitrogens with zero attached hydrogens (tertiary/aromatic N) is 6. The van der Waals surface area contributed by atoms with Gasteiger partial charge in [0.2, 0.25) is 0 Å². The average molecular weight is 443 g/mol. The molecule has 0 unspecified atom stereocenters. The van der Waals surface area contributed by atoms with E-state index < -0.39 is 4.92 Å². The zero-order chi connectivity index (χ0) is 21.8. The van der Waals surface area contributed by atoms with Crippen LogP contribution in [-0.2, 0) is 11.3 Å². The monoisotopic (exact) mass is 443 g/mol. The number of nitrogens with one attached hydrogen (secondary N) is 1. The number of nitro groups is 1. The lowest BCUT2D eigenvalue weighted by atomic mass is 10.2. The molecule has 1 N–H and O–H groups in total. The third-order valence-corrected chi connectivity index (χ3v) is 5.42. The molecule has 0 saturated carbocycles. The molecule has 1 aliphatic rings. The third kappa shape index (κ3) is 4.59. The van der Waals surface area contributed by atoms with E-state index in [1.165, 1.54) is 36.0 Å². The van der Waals surface area contributed by atoms with Crippen LogP contribution in [0.25, 0.3) is 11.0 Å². The number of ether oxygens (including phenoxy) is 1. The first kappa shape index (κ1) is 21.0. The number of fused-ring (bicyclic) bond motifs is 1. The highest BCUT2D eigenvalue weighted by Gasteiger charge is 2.20. The molecule has 162 valence electrons. The van der Waals surface area contributed by atoms with Crippen LogP contribution in [0.1, 0.15) is 10.4 Å². The van der Waals surface area contributed by atoms with Crippen molar-refractivity contribution in [2.24, 2.45) is 0 Å². The van der Waals surface area contributed by atoms with E-state index in [0.29, 0.717) is 37.1 Å². The van der Waals surface area contributed by atoms with E-state index in [-0.39, 0.29) is 17.2 Å². The minimum Gasteiger partial charge on any atom is -0.378 e. The minimum atomic E-state index is -0.526. The maximum absolute atomic E-state index is 12.4. The number of hydrogen-bond donors (Lipinski definition) is 1. The molecule has 0 spiro atoms. The molecule has 1 amide bonds. The molecule has 1 aliphatic heterocycles. The van der Waals surface area contributed by atoms with Gasteiger partial charge in [0.15, 0.2) is 10.8 Å². The Morgan fingerprint density at radius 1 is 1.32 bits per heavy atom. The lowest BCUT2D eigenvalue weighted by Crippen LogP contribution is -2.37. The van der Waals surface area contributed by atoms with Crippen molar-refractivity contribution in [2.75, 3.05) is 44.0 Å². The summed E-state index contributed by atoms with van der Waals surface area (Å²) in [4.78, 5) is 34.2. The van der Waals surface area contributed by atoms with Crippen LogP contribution < -0.4 is 10.2 Å². The van der Waals surface area contributed by atoms with Gasteiger partial charge in [-0.1, -0.05) is 17.8 Å². The van der Waals surface area contributed by atoms with E-state index in [4.69, 9.17) is 4.74 Å². The zero-order valence-corrected chi connectivity index (χ0v) is 17.7. The van der Waals surface area contributed by atoms with E-state index in [1.54, 1.807) is 10.9 Å². The van der Waals surface area contributed by atoms with Crippen molar-refractivity contribution in [1.29, 1.82) is 0 Å². The summed E-state index contributed by atoms with van der Waals surface area (Å²) in [6.07, 6.45) is 3.66. The highest BCUT2D eigenvalue weighted by molar-refractivity contribution is 7.98. The average Bonchev–Trinajstić information content (AvgIpc) is 3.21. The predicted octanol–water partition coefficient (Wildman–Crippen LogP) is 1.72. The largest absolute Gasteiger partial charge is 0.378 e. The van der Waals surface area contributed by atoms with E-state index in [9.17, 15) is 14.9 Å². The Hall–Kier alpha value is -3.25. The van der Waals surface area contributed by atoms with Crippen LogP contribution in [0.5, 0.6) is 0 Å². The smallest absolute Gasteiger partial charge is 0.270 e. The molecule has 12 heteroatoms. The van der Waals surface area contributed by atoms with Gasteiger partial charge in [0.05, 0.1) is 36.3 Å². The lowest BCUT2D eigenvalue weighted by Gasteiger charge is -2.28. The summed E-state index contributed by atoms with van der Waals surface area (Å²) in [5, 5.41) is 19.6. The number of hydrogen-bond acceptors (Lipinski definition) is 9. The summed E-state index contributed by atoms with van der Waals surface area (Å²) < 4.78 is 7.17. The fraction of sp³-hybridized carbons (Fsp3) is 0.368. The Bertz CT molecular complexity index is 1110. The Labute approximate surface area is 181 Å². The Morgan fingerprint density at radius 2 is 2.13 bits per heavy atom. The standard InChI is InChI=1S/C19H21N7O4S/c1-31-19-22-16(24-7-9-30-10-8-24)15-12-21-25(17(15)23-19)6-5-20-18(27)13-3-2-4-14(11-13)26(28)29/h2-4,11-12H,5-10H2,1H3,(H,20,27). The normalized spacial score (nSPS) is 14.0. The zero-order valence-electron chi connectivity index (χ0n) is 16.9. The molecule has 0 atom stereocenters. The van der Waals surface area contributed by atoms with Gasteiger partial charge in [0.25, 0.3) is 11.6 Å². The highest BCUT2D eigenvalue weighted by atomic mass is 32.2. The number of rotatable bonds is 7. The van der Waals surface area contributed by atoms with Crippen LogP contribution in [0, 0.1) is 10.1 Å². The van der Waals surface area contributed by atoms with Gasteiger partial charge in [-0.15, -0.1) is 0 Å². The van der Waals surface area contributed by atoms with Gasteiger partial charge >= 0.3 is 0 Å². The second-order valence-electron chi connectivity index (χ2n) is 6.80. The molecule has 3 aromatic rings. The van der Waals surface area contributed by atoms with Crippen LogP contribution in [0.15, 0.2) is 35.6 Å². The van der Waals surface area contributed by atoms with Gasteiger partial charge < -0.3 is 15.0 Å². The van der Waals surface area contributed by atoms with Crippen molar-refractivity contribution in [3.05, 3.63) is 46.1 Å². The molecule has 1 saturated heterocycles. The van der Waals surface area contributed by atoms with Crippen LogP contribution in [-0.4, -0.2) is 69.7 Å². The van der Waals surface area contributed by atoms with Gasteiger partial charge in [-0.3, -0.25) is 14.9 Å². The topological polar surface area (TPSA) is 128 Å². The van der Waals surface area contributed by atoms with Gasteiger partial charge in [0.1, 0.15) is 5.82 Å². The molecule has 0 radical (unpaired) electrons. The Morgan fingerprint density at radius 3 is 2.87 bits per heavy atom. The van der Waals surface area contributed by atoms with E-state index in [2.05, 4.69) is 25.3 Å². The van der Waals surface area contributed by atoms with E-state index in [0.717, 1.165) is 24.3 Å². The maximum Gasteiger partial charge on any atom is 0.270 e. The second-order valence-corrected chi connectivity index (χ2v) is 7.58. The van der Waals surface area contributed by atoms with Crippen molar-refractivity contribution in [2.45, 2.75) is 11.7 Å². The first-order valence-electron chi connectivity index (χ1n) is 9.69. The number of amides is 1. The van der Waals surface area contributed by atoms with Crippen molar-refractivity contribution in [3.63, 3.8) is 0 Å². The quantitative estimate of drug-likeness (QED) is 0.251. The van der Waals surface area contributed by atoms with E-state index in [1.807, 2.05) is 6.26 Å². The van der Waals surface area contributed by atoms with Crippen molar-refractivity contribution >= 4 is 40.2 Å². The summed E-state index contributed by atoms with van der Waals surface area (Å²) in [6.45, 7) is 3.51. The molecule has 31 heavy (non-hydrogen) atoms. The molecular weight excluding hydrogens is 422 g/mol. The fourth-order valence-corrected chi connectivity index (χ4v) is 3.69. The summed E-state index contributed by atoms with van der Waals surface area (Å²) in [5.41, 5.74) is 0.814. The number of carbonyl (C=O) groups is 1. The number of non-ortho nitro benzene ring substituents is 1. The fourth-order valence-electron chi connectivity index (χ4n) is 3.33. The van der Waals surface area contributed by atoms with Crippen LogP contribution >= 0.6 is 11.8 Å². The van der Waals surface area contributed by atoms with E-state index >= 15 is 0 Å². The summed E-state index contributed by atoms with van der Waals surface area (Å²) in [5.74, 6) is 0.457. The first-order chi connectivity index (χ1) is 15.1. The number of aromatic nitrogens is 4. The summed E-state index contributed by atoms with van der Waals surface area (Å²) >= 11 is 1.46. The highest BCUT2D eigenvalue weighted by Crippen LogP contribution is 2.27.